The van der Waals surface area contributed by atoms with Crippen LogP contribution in [0.15, 0.2) is 54.6 Å². The van der Waals surface area contributed by atoms with Crippen molar-refractivity contribution in [1.29, 1.82) is 0 Å². The Morgan fingerprint density at radius 3 is 2.44 bits per heavy atom. The highest BCUT2D eigenvalue weighted by atomic mass is 19.4. The molecular weight excluding hydrogens is 421 g/mol. The lowest BCUT2D eigenvalue weighted by molar-refractivity contribution is -0.137. The molecule has 32 heavy (non-hydrogen) atoms. The predicted molar refractivity (Wildman–Crippen MR) is 113 cm³/mol. The standard InChI is InChI=1S/C22H25F3N6O/c1-32-15-14-31-21(26-27-28-31)20(17-6-3-2-4-7-17)30-12-10-29(11-13-30)19-9-5-8-18(16-19)22(23,24)25/h2-9,16,20H,10-15H2,1H3. The van der Waals surface area contributed by atoms with Crippen LogP contribution in [0.3, 0.4) is 0 Å². The van der Waals surface area contributed by atoms with Gasteiger partial charge in [-0.15, -0.1) is 5.10 Å². The Morgan fingerprint density at radius 2 is 1.75 bits per heavy atom. The number of methoxy groups -OCH3 is 1. The predicted octanol–water partition coefficient (Wildman–Crippen LogP) is 3.25. The zero-order valence-electron chi connectivity index (χ0n) is 17.7. The Balaban J connectivity index is 1.55. The van der Waals surface area contributed by atoms with Crippen LogP contribution >= 0.6 is 0 Å². The summed E-state index contributed by atoms with van der Waals surface area (Å²) in [7, 11) is 1.63. The Morgan fingerprint density at radius 1 is 1.00 bits per heavy atom. The van der Waals surface area contributed by atoms with Gasteiger partial charge in [-0.2, -0.15) is 13.2 Å². The summed E-state index contributed by atoms with van der Waals surface area (Å²) < 4.78 is 46.3. The molecule has 0 spiro atoms. The van der Waals surface area contributed by atoms with Crippen LogP contribution in [0.1, 0.15) is 23.0 Å². The minimum absolute atomic E-state index is 0.160. The number of hydrogen-bond acceptors (Lipinski definition) is 6. The van der Waals surface area contributed by atoms with Gasteiger partial charge >= 0.3 is 6.18 Å². The molecule has 0 aliphatic carbocycles. The highest BCUT2D eigenvalue weighted by Gasteiger charge is 2.33. The molecule has 1 aliphatic heterocycles. The molecule has 0 saturated carbocycles. The van der Waals surface area contributed by atoms with E-state index in [1.54, 1.807) is 17.9 Å². The van der Waals surface area contributed by atoms with Crippen LogP contribution < -0.4 is 4.90 Å². The maximum atomic E-state index is 13.1. The summed E-state index contributed by atoms with van der Waals surface area (Å²) >= 11 is 0. The van der Waals surface area contributed by atoms with E-state index in [1.807, 2.05) is 35.2 Å². The van der Waals surface area contributed by atoms with Gasteiger partial charge in [-0.1, -0.05) is 36.4 Å². The van der Waals surface area contributed by atoms with Crippen LogP contribution in [0.4, 0.5) is 18.9 Å². The number of aromatic nitrogens is 4. The van der Waals surface area contributed by atoms with E-state index < -0.39 is 11.7 Å². The normalized spacial score (nSPS) is 16.3. The van der Waals surface area contributed by atoms with Crippen molar-refractivity contribution in [1.82, 2.24) is 25.1 Å². The summed E-state index contributed by atoms with van der Waals surface area (Å²) in [6.45, 7) is 3.55. The monoisotopic (exact) mass is 446 g/mol. The lowest BCUT2D eigenvalue weighted by atomic mass is 10.0. The van der Waals surface area contributed by atoms with Gasteiger partial charge in [0.1, 0.15) is 0 Å². The van der Waals surface area contributed by atoms with Gasteiger partial charge in [0.15, 0.2) is 5.82 Å². The van der Waals surface area contributed by atoms with Crippen LogP contribution in [-0.4, -0.2) is 65.0 Å². The van der Waals surface area contributed by atoms with E-state index in [2.05, 4.69) is 20.4 Å². The lowest BCUT2D eigenvalue weighted by Crippen LogP contribution is -2.48. The highest BCUT2D eigenvalue weighted by Crippen LogP contribution is 2.33. The van der Waals surface area contributed by atoms with Gasteiger partial charge < -0.3 is 9.64 Å². The average molecular weight is 446 g/mol. The van der Waals surface area contributed by atoms with Gasteiger partial charge in [0.25, 0.3) is 0 Å². The van der Waals surface area contributed by atoms with Gasteiger partial charge in [0, 0.05) is 39.0 Å². The Bertz CT molecular complexity index is 1000. The van der Waals surface area contributed by atoms with Crippen molar-refractivity contribution in [2.45, 2.75) is 18.8 Å². The summed E-state index contributed by atoms with van der Waals surface area (Å²) in [5, 5.41) is 12.3. The van der Waals surface area contributed by atoms with E-state index in [1.165, 1.54) is 12.1 Å². The number of halogens is 3. The molecule has 0 bridgehead atoms. The second-order valence-electron chi connectivity index (χ2n) is 7.64. The van der Waals surface area contributed by atoms with Gasteiger partial charge in [-0.25, -0.2) is 4.68 Å². The minimum atomic E-state index is -4.35. The number of benzene rings is 2. The van der Waals surface area contributed by atoms with Crippen LogP contribution in [0.5, 0.6) is 0 Å². The molecule has 1 unspecified atom stereocenters. The fraction of sp³-hybridized carbons (Fsp3) is 0.409. The molecule has 1 aromatic heterocycles. The van der Waals surface area contributed by atoms with Gasteiger partial charge in [-0.05, 0) is 34.2 Å². The zero-order valence-corrected chi connectivity index (χ0v) is 17.7. The molecule has 7 nitrogen and oxygen atoms in total. The van der Waals surface area contributed by atoms with Crippen molar-refractivity contribution in [3.63, 3.8) is 0 Å². The third kappa shape index (κ3) is 4.91. The first-order valence-electron chi connectivity index (χ1n) is 10.4. The van der Waals surface area contributed by atoms with Crippen LogP contribution in [0.25, 0.3) is 0 Å². The molecule has 1 fully saturated rings. The number of hydrogen-bond donors (Lipinski definition) is 0. The van der Waals surface area contributed by atoms with Crippen molar-refractivity contribution in [3.05, 3.63) is 71.5 Å². The molecule has 0 amide bonds. The average Bonchev–Trinajstić information content (AvgIpc) is 3.26. The molecule has 1 aliphatic rings. The fourth-order valence-electron chi connectivity index (χ4n) is 4.02. The summed E-state index contributed by atoms with van der Waals surface area (Å²) in [6, 6.07) is 15.3. The number of alkyl halides is 3. The third-order valence-electron chi connectivity index (χ3n) is 5.64. The molecule has 0 N–H and O–H groups in total. The largest absolute Gasteiger partial charge is 0.416 e. The number of nitrogens with zero attached hydrogens (tertiary/aromatic N) is 6. The molecule has 1 atom stereocenters. The summed E-state index contributed by atoms with van der Waals surface area (Å²) in [4.78, 5) is 4.26. The van der Waals surface area contributed by atoms with Crippen molar-refractivity contribution in [2.24, 2.45) is 0 Å². The third-order valence-corrected chi connectivity index (χ3v) is 5.64. The molecule has 2 aromatic carbocycles. The molecule has 0 radical (unpaired) electrons. The van der Waals surface area contributed by atoms with E-state index in [0.29, 0.717) is 45.0 Å². The first-order valence-corrected chi connectivity index (χ1v) is 10.4. The summed E-state index contributed by atoms with van der Waals surface area (Å²) in [5.41, 5.74) is 1.02. The number of piperazine rings is 1. The van der Waals surface area contributed by atoms with E-state index >= 15 is 0 Å². The maximum Gasteiger partial charge on any atom is 0.416 e. The minimum Gasteiger partial charge on any atom is -0.383 e. The van der Waals surface area contributed by atoms with E-state index in [-0.39, 0.29) is 6.04 Å². The lowest BCUT2D eigenvalue weighted by Gasteiger charge is -2.40. The zero-order chi connectivity index (χ0) is 22.6. The second kappa shape index (κ2) is 9.66. The molecule has 170 valence electrons. The second-order valence-corrected chi connectivity index (χ2v) is 7.64. The molecule has 2 heterocycles. The maximum absolute atomic E-state index is 13.1. The molecular formula is C22H25F3N6O. The Kier molecular flexibility index (Phi) is 6.71. The van der Waals surface area contributed by atoms with Gasteiger partial charge in [0.2, 0.25) is 0 Å². The quantitative estimate of drug-likeness (QED) is 0.555. The number of tetrazole rings is 1. The van der Waals surface area contributed by atoms with E-state index in [0.717, 1.165) is 17.5 Å². The highest BCUT2D eigenvalue weighted by molar-refractivity contribution is 5.49. The number of anilines is 1. The fourth-order valence-corrected chi connectivity index (χ4v) is 4.02. The smallest absolute Gasteiger partial charge is 0.383 e. The first kappa shape index (κ1) is 22.2. The van der Waals surface area contributed by atoms with Gasteiger partial charge in [0.05, 0.1) is 24.8 Å². The first-order chi connectivity index (χ1) is 15.5. The topological polar surface area (TPSA) is 59.3 Å². The van der Waals surface area contributed by atoms with Crippen molar-refractivity contribution in [3.8, 4) is 0 Å². The molecule has 10 heteroatoms. The van der Waals surface area contributed by atoms with E-state index in [4.69, 9.17) is 4.74 Å². The van der Waals surface area contributed by atoms with Crippen LogP contribution in [0, 0.1) is 0 Å². The van der Waals surface area contributed by atoms with Crippen LogP contribution in [0.2, 0.25) is 0 Å². The molecule has 3 aromatic rings. The van der Waals surface area contributed by atoms with Crippen molar-refractivity contribution in [2.75, 3.05) is 44.8 Å². The molecule has 1 saturated heterocycles. The summed E-state index contributed by atoms with van der Waals surface area (Å²) in [6.07, 6.45) is -4.35. The van der Waals surface area contributed by atoms with Crippen molar-refractivity contribution < 1.29 is 17.9 Å². The Hall–Kier alpha value is -2.98. The summed E-state index contributed by atoms with van der Waals surface area (Å²) in [5.74, 6) is 0.723. The molecule has 4 rings (SSSR count). The number of rotatable bonds is 7. The number of ether oxygens (including phenoxy) is 1. The van der Waals surface area contributed by atoms with Gasteiger partial charge in [-0.3, -0.25) is 4.90 Å². The SMILES string of the molecule is COCCn1nnnc1C(c1ccccc1)N1CCN(c2cccc(C(F)(F)F)c2)CC1. The van der Waals surface area contributed by atoms with Crippen LogP contribution in [-0.2, 0) is 17.5 Å². The van der Waals surface area contributed by atoms with E-state index in [9.17, 15) is 13.2 Å². The Labute approximate surface area is 184 Å². The van der Waals surface area contributed by atoms with Crippen molar-refractivity contribution >= 4 is 5.69 Å².